The maximum Gasteiger partial charge on any atom is 0.142 e. The molecule has 3 rings (SSSR count). The van der Waals surface area contributed by atoms with E-state index in [4.69, 9.17) is 4.98 Å². The molecule has 0 bridgehead atoms. The van der Waals surface area contributed by atoms with Crippen molar-refractivity contribution in [2.75, 3.05) is 6.54 Å². The Labute approximate surface area is 129 Å². The van der Waals surface area contributed by atoms with Crippen molar-refractivity contribution in [3.8, 4) is 10.7 Å². The first-order chi connectivity index (χ1) is 10.3. The maximum absolute atomic E-state index is 4.72. The highest BCUT2D eigenvalue weighted by atomic mass is 32.1. The van der Waals surface area contributed by atoms with Crippen molar-refractivity contribution in [3.63, 3.8) is 0 Å². The summed E-state index contributed by atoms with van der Waals surface area (Å²) in [5.74, 6) is 0. The lowest BCUT2D eigenvalue weighted by Gasteiger charge is -2.00. The van der Waals surface area contributed by atoms with E-state index in [1.54, 1.807) is 11.3 Å². The Kier molecular flexibility index (Phi) is 4.27. The molecule has 21 heavy (non-hydrogen) atoms. The van der Waals surface area contributed by atoms with Crippen LogP contribution in [-0.4, -0.2) is 16.5 Å². The van der Waals surface area contributed by atoms with Crippen LogP contribution in [0.3, 0.4) is 0 Å². The molecule has 0 spiro atoms. The summed E-state index contributed by atoms with van der Waals surface area (Å²) in [6.45, 7) is 6.19. The summed E-state index contributed by atoms with van der Waals surface area (Å²) in [6.07, 6.45) is 1.15. The Bertz CT molecular complexity index is 749. The quantitative estimate of drug-likeness (QED) is 0.718. The van der Waals surface area contributed by atoms with Crippen LogP contribution >= 0.6 is 11.3 Å². The summed E-state index contributed by atoms with van der Waals surface area (Å²) in [7, 11) is 0. The van der Waals surface area contributed by atoms with Crippen molar-refractivity contribution in [1.29, 1.82) is 0 Å². The van der Waals surface area contributed by atoms with Crippen LogP contribution in [0.4, 0.5) is 0 Å². The van der Waals surface area contributed by atoms with Gasteiger partial charge < -0.3 is 5.32 Å². The second kappa shape index (κ2) is 6.33. The van der Waals surface area contributed by atoms with Gasteiger partial charge in [0.15, 0.2) is 0 Å². The lowest BCUT2D eigenvalue weighted by Crippen LogP contribution is -2.13. The minimum Gasteiger partial charge on any atom is -0.312 e. The van der Waals surface area contributed by atoms with Crippen molar-refractivity contribution < 1.29 is 0 Å². The van der Waals surface area contributed by atoms with Gasteiger partial charge in [0, 0.05) is 16.8 Å². The molecule has 3 nitrogen and oxygen atoms in total. The van der Waals surface area contributed by atoms with E-state index < -0.39 is 0 Å². The maximum atomic E-state index is 4.72. The molecule has 0 saturated heterocycles. The van der Waals surface area contributed by atoms with E-state index in [0.717, 1.165) is 41.4 Å². The predicted octanol–water partition coefficient (Wildman–Crippen LogP) is 4.17. The highest BCUT2D eigenvalue weighted by Gasteiger charge is 2.10. The molecule has 0 saturated carbocycles. The van der Waals surface area contributed by atoms with Gasteiger partial charge in [-0.15, -0.1) is 11.3 Å². The Morgan fingerprint density at radius 3 is 2.81 bits per heavy atom. The molecule has 0 atom stereocenters. The number of thiazole rings is 1. The minimum atomic E-state index is 0.894. The Hall–Kier alpha value is -1.78. The van der Waals surface area contributed by atoms with E-state index in [0.29, 0.717) is 0 Å². The van der Waals surface area contributed by atoms with Gasteiger partial charge in [-0.05, 0) is 32.0 Å². The van der Waals surface area contributed by atoms with Crippen LogP contribution in [-0.2, 0) is 6.54 Å². The molecule has 108 valence electrons. The van der Waals surface area contributed by atoms with Crippen LogP contribution in [0.2, 0.25) is 0 Å². The zero-order chi connectivity index (χ0) is 14.7. The van der Waals surface area contributed by atoms with Gasteiger partial charge in [-0.1, -0.05) is 31.2 Å². The average molecular weight is 297 g/mol. The third kappa shape index (κ3) is 3.12. The topological polar surface area (TPSA) is 37.8 Å². The second-order valence-electron chi connectivity index (χ2n) is 5.09. The van der Waals surface area contributed by atoms with Gasteiger partial charge in [0.1, 0.15) is 5.01 Å². The number of nitrogens with zero attached hydrogens (tertiary/aromatic N) is 2. The molecule has 3 aromatic rings. The molecule has 1 aromatic carbocycles. The van der Waals surface area contributed by atoms with Crippen LogP contribution in [0.1, 0.15) is 23.9 Å². The normalized spacial score (nSPS) is 11.1. The fourth-order valence-electron chi connectivity index (χ4n) is 2.27. The van der Waals surface area contributed by atoms with Crippen molar-refractivity contribution >= 4 is 22.2 Å². The largest absolute Gasteiger partial charge is 0.312 e. The third-order valence-electron chi connectivity index (χ3n) is 3.42. The minimum absolute atomic E-state index is 0.894. The second-order valence-corrected chi connectivity index (χ2v) is 6.18. The fraction of sp³-hybridized carbons (Fsp3) is 0.294. The number of para-hydroxylation sites is 1. The number of nitrogens with one attached hydrogen (secondary N) is 1. The highest BCUT2D eigenvalue weighted by molar-refractivity contribution is 7.15. The summed E-state index contributed by atoms with van der Waals surface area (Å²) in [4.78, 5) is 10.7. The number of benzene rings is 1. The van der Waals surface area contributed by atoms with Gasteiger partial charge in [0.25, 0.3) is 0 Å². The van der Waals surface area contributed by atoms with E-state index in [-0.39, 0.29) is 0 Å². The molecule has 0 aliphatic carbocycles. The van der Waals surface area contributed by atoms with E-state index in [1.165, 1.54) is 10.3 Å². The Balaban J connectivity index is 1.89. The molecule has 0 unspecified atom stereocenters. The number of hydrogen-bond donors (Lipinski definition) is 1. The lowest BCUT2D eigenvalue weighted by atomic mass is 10.2. The monoisotopic (exact) mass is 297 g/mol. The van der Waals surface area contributed by atoms with Gasteiger partial charge in [0.2, 0.25) is 0 Å². The van der Waals surface area contributed by atoms with Gasteiger partial charge in [-0.25, -0.2) is 9.97 Å². The standard InChI is InChI=1S/C17H19N3S/c1-3-10-18-11-16-12(2)19-17(21-16)15-9-8-13-6-4-5-7-14(13)20-15/h4-9,18H,3,10-11H2,1-2H3. The van der Waals surface area contributed by atoms with Gasteiger partial charge >= 0.3 is 0 Å². The van der Waals surface area contributed by atoms with E-state index in [9.17, 15) is 0 Å². The van der Waals surface area contributed by atoms with Crippen molar-refractivity contribution in [2.24, 2.45) is 0 Å². The highest BCUT2D eigenvalue weighted by Crippen LogP contribution is 2.27. The molecular weight excluding hydrogens is 278 g/mol. The Morgan fingerprint density at radius 2 is 1.95 bits per heavy atom. The average Bonchev–Trinajstić information content (AvgIpc) is 2.88. The number of hydrogen-bond acceptors (Lipinski definition) is 4. The molecule has 4 heteroatoms. The summed E-state index contributed by atoms with van der Waals surface area (Å²) in [5.41, 5.74) is 3.09. The molecule has 2 aromatic heterocycles. The summed E-state index contributed by atoms with van der Waals surface area (Å²) in [6, 6.07) is 12.4. The van der Waals surface area contributed by atoms with E-state index in [2.05, 4.69) is 42.3 Å². The number of pyridine rings is 1. The third-order valence-corrected chi connectivity index (χ3v) is 4.60. The van der Waals surface area contributed by atoms with Crippen molar-refractivity contribution in [3.05, 3.63) is 47.0 Å². The summed E-state index contributed by atoms with van der Waals surface area (Å²) in [5, 5.41) is 5.61. The molecule has 1 N–H and O–H groups in total. The zero-order valence-corrected chi connectivity index (χ0v) is 13.2. The molecule has 2 heterocycles. The summed E-state index contributed by atoms with van der Waals surface area (Å²) >= 11 is 1.74. The zero-order valence-electron chi connectivity index (χ0n) is 12.4. The predicted molar refractivity (Wildman–Crippen MR) is 89.6 cm³/mol. The van der Waals surface area contributed by atoms with E-state index >= 15 is 0 Å². The number of rotatable bonds is 5. The number of fused-ring (bicyclic) bond motifs is 1. The SMILES string of the molecule is CCCNCc1sc(-c2ccc3ccccc3n2)nc1C. The van der Waals surface area contributed by atoms with Crippen LogP contribution < -0.4 is 5.32 Å². The first-order valence-corrected chi connectivity index (χ1v) is 8.12. The molecule has 0 fully saturated rings. The van der Waals surface area contributed by atoms with Gasteiger partial charge in [0.05, 0.1) is 16.9 Å². The van der Waals surface area contributed by atoms with Crippen molar-refractivity contribution in [2.45, 2.75) is 26.8 Å². The molecule has 0 amide bonds. The number of aromatic nitrogens is 2. The lowest BCUT2D eigenvalue weighted by molar-refractivity contribution is 0.678. The molecule has 0 radical (unpaired) electrons. The molecule has 0 aliphatic rings. The molecular formula is C17H19N3S. The Morgan fingerprint density at radius 1 is 1.10 bits per heavy atom. The van der Waals surface area contributed by atoms with Crippen molar-refractivity contribution in [1.82, 2.24) is 15.3 Å². The van der Waals surface area contributed by atoms with Crippen LogP contribution in [0.15, 0.2) is 36.4 Å². The molecule has 0 aliphatic heterocycles. The van der Waals surface area contributed by atoms with Crippen LogP contribution in [0.25, 0.3) is 21.6 Å². The van der Waals surface area contributed by atoms with Gasteiger partial charge in [-0.2, -0.15) is 0 Å². The van der Waals surface area contributed by atoms with Crippen LogP contribution in [0.5, 0.6) is 0 Å². The first kappa shape index (κ1) is 14.2. The fourth-order valence-corrected chi connectivity index (χ4v) is 3.27. The van der Waals surface area contributed by atoms with Crippen LogP contribution in [0, 0.1) is 6.92 Å². The first-order valence-electron chi connectivity index (χ1n) is 7.31. The smallest absolute Gasteiger partial charge is 0.142 e. The van der Waals surface area contributed by atoms with Gasteiger partial charge in [-0.3, -0.25) is 0 Å². The number of aryl methyl sites for hydroxylation is 1. The summed E-state index contributed by atoms with van der Waals surface area (Å²) < 4.78 is 0. The van der Waals surface area contributed by atoms with E-state index in [1.807, 2.05) is 18.2 Å².